The van der Waals surface area contributed by atoms with E-state index in [2.05, 4.69) is 26.6 Å². The number of nitrogens with one attached hydrogen (secondary N) is 2. The first-order chi connectivity index (χ1) is 11.1. The van der Waals surface area contributed by atoms with Crippen LogP contribution >= 0.6 is 15.9 Å². The zero-order chi connectivity index (χ0) is 16.7. The lowest BCUT2D eigenvalue weighted by Gasteiger charge is -2.08. The lowest BCUT2D eigenvalue weighted by molar-refractivity contribution is -0.120. The lowest BCUT2D eigenvalue weighted by Crippen LogP contribution is -2.36. The lowest BCUT2D eigenvalue weighted by atomic mass is 10.2. The van der Waals surface area contributed by atoms with Gasteiger partial charge in [-0.15, -0.1) is 0 Å². The number of rotatable bonds is 6. The molecule has 2 amide bonds. The van der Waals surface area contributed by atoms with Gasteiger partial charge in [0.2, 0.25) is 5.91 Å². The molecular formula is C17H17BrN2O3. The van der Waals surface area contributed by atoms with E-state index < -0.39 is 0 Å². The Morgan fingerprint density at radius 2 is 1.74 bits per heavy atom. The van der Waals surface area contributed by atoms with Gasteiger partial charge in [-0.1, -0.05) is 24.3 Å². The fraction of sp³-hybridized carbons (Fsp3) is 0.176. The van der Waals surface area contributed by atoms with Gasteiger partial charge in [-0.2, -0.15) is 0 Å². The Balaban J connectivity index is 1.78. The average Bonchev–Trinajstić information content (AvgIpc) is 2.58. The van der Waals surface area contributed by atoms with E-state index in [1.807, 2.05) is 30.3 Å². The van der Waals surface area contributed by atoms with Crippen LogP contribution in [0, 0.1) is 0 Å². The van der Waals surface area contributed by atoms with Gasteiger partial charge < -0.3 is 15.4 Å². The standard InChI is InChI=1S/C17H17BrN2O3/c1-23-13-8-6-12(7-9-13)10-19-16(21)11-20-17(22)14-4-2-3-5-15(14)18/h2-9H,10-11H2,1H3,(H,19,21)(H,20,22). The third-order valence-electron chi connectivity index (χ3n) is 3.18. The third kappa shape index (κ3) is 5.10. The van der Waals surface area contributed by atoms with Crippen LogP contribution in [0.2, 0.25) is 0 Å². The molecule has 23 heavy (non-hydrogen) atoms. The highest BCUT2D eigenvalue weighted by atomic mass is 79.9. The summed E-state index contributed by atoms with van der Waals surface area (Å²) in [5.74, 6) is 0.221. The molecular weight excluding hydrogens is 360 g/mol. The molecule has 5 nitrogen and oxygen atoms in total. The van der Waals surface area contributed by atoms with Crippen LogP contribution in [-0.4, -0.2) is 25.5 Å². The molecule has 0 aromatic heterocycles. The zero-order valence-electron chi connectivity index (χ0n) is 12.6. The topological polar surface area (TPSA) is 67.4 Å². The third-order valence-corrected chi connectivity index (χ3v) is 3.87. The maximum atomic E-state index is 12.0. The van der Waals surface area contributed by atoms with Crippen LogP contribution < -0.4 is 15.4 Å². The maximum Gasteiger partial charge on any atom is 0.252 e. The first-order valence-corrected chi connectivity index (χ1v) is 7.82. The number of benzene rings is 2. The Morgan fingerprint density at radius 1 is 1.04 bits per heavy atom. The monoisotopic (exact) mass is 376 g/mol. The SMILES string of the molecule is COc1ccc(CNC(=O)CNC(=O)c2ccccc2Br)cc1. The molecule has 2 rings (SSSR count). The maximum absolute atomic E-state index is 12.0. The van der Waals surface area contributed by atoms with E-state index in [9.17, 15) is 9.59 Å². The number of halogens is 1. The average molecular weight is 377 g/mol. The minimum Gasteiger partial charge on any atom is -0.497 e. The molecule has 2 aromatic carbocycles. The second-order valence-corrected chi connectivity index (χ2v) is 5.64. The highest BCUT2D eigenvalue weighted by molar-refractivity contribution is 9.10. The second kappa shape index (κ2) is 8.33. The molecule has 0 atom stereocenters. The van der Waals surface area contributed by atoms with Crippen molar-refractivity contribution in [2.75, 3.05) is 13.7 Å². The van der Waals surface area contributed by atoms with Crippen LogP contribution in [0.5, 0.6) is 5.75 Å². The van der Waals surface area contributed by atoms with E-state index in [4.69, 9.17) is 4.74 Å². The minimum atomic E-state index is -0.294. The highest BCUT2D eigenvalue weighted by Crippen LogP contribution is 2.15. The molecule has 0 aliphatic carbocycles. The van der Waals surface area contributed by atoms with Crippen LogP contribution in [-0.2, 0) is 11.3 Å². The number of methoxy groups -OCH3 is 1. The second-order valence-electron chi connectivity index (χ2n) is 4.79. The minimum absolute atomic E-state index is 0.0731. The van der Waals surface area contributed by atoms with Crippen molar-refractivity contribution in [1.82, 2.24) is 10.6 Å². The summed E-state index contributed by atoms with van der Waals surface area (Å²) in [5, 5.41) is 5.34. The van der Waals surface area contributed by atoms with Gasteiger partial charge in [0.1, 0.15) is 5.75 Å². The van der Waals surface area contributed by atoms with Gasteiger partial charge in [-0.05, 0) is 45.8 Å². The summed E-state index contributed by atoms with van der Waals surface area (Å²) in [6, 6.07) is 14.5. The van der Waals surface area contributed by atoms with E-state index in [0.717, 1.165) is 11.3 Å². The van der Waals surface area contributed by atoms with E-state index in [1.54, 1.807) is 25.3 Å². The van der Waals surface area contributed by atoms with Crippen LogP contribution in [0.15, 0.2) is 53.0 Å². The fourth-order valence-corrected chi connectivity index (χ4v) is 2.37. The van der Waals surface area contributed by atoms with E-state index in [0.29, 0.717) is 16.6 Å². The Hall–Kier alpha value is -2.34. The van der Waals surface area contributed by atoms with Gasteiger partial charge in [0.25, 0.3) is 5.91 Å². The summed E-state index contributed by atoms with van der Waals surface area (Å²) in [5.41, 5.74) is 1.45. The van der Waals surface area contributed by atoms with Crippen LogP contribution in [0.3, 0.4) is 0 Å². The zero-order valence-corrected chi connectivity index (χ0v) is 14.2. The fourth-order valence-electron chi connectivity index (χ4n) is 1.91. The van der Waals surface area contributed by atoms with Gasteiger partial charge in [0, 0.05) is 11.0 Å². The van der Waals surface area contributed by atoms with Crippen LogP contribution in [0.4, 0.5) is 0 Å². The van der Waals surface area contributed by atoms with Gasteiger partial charge in [0.05, 0.1) is 19.2 Å². The van der Waals surface area contributed by atoms with Gasteiger partial charge >= 0.3 is 0 Å². The largest absolute Gasteiger partial charge is 0.497 e. The van der Waals surface area contributed by atoms with Crippen LogP contribution in [0.25, 0.3) is 0 Å². The number of carbonyl (C=O) groups is 2. The first kappa shape index (κ1) is 17.0. The summed E-state index contributed by atoms with van der Waals surface area (Å²) < 4.78 is 5.76. The van der Waals surface area contributed by atoms with E-state index in [1.165, 1.54) is 0 Å². The van der Waals surface area contributed by atoms with Crippen molar-refractivity contribution in [3.05, 3.63) is 64.1 Å². The summed E-state index contributed by atoms with van der Waals surface area (Å²) >= 11 is 3.31. The van der Waals surface area contributed by atoms with Crippen molar-refractivity contribution >= 4 is 27.7 Å². The molecule has 0 bridgehead atoms. The van der Waals surface area contributed by atoms with Crippen molar-refractivity contribution in [3.8, 4) is 5.75 Å². The Bertz CT molecular complexity index is 686. The number of hydrogen-bond donors (Lipinski definition) is 2. The molecule has 0 unspecified atom stereocenters. The summed E-state index contributed by atoms with van der Waals surface area (Å²) in [4.78, 5) is 23.8. The van der Waals surface area contributed by atoms with E-state index >= 15 is 0 Å². The molecule has 0 saturated carbocycles. The van der Waals surface area contributed by atoms with Crippen molar-refractivity contribution in [1.29, 1.82) is 0 Å². The predicted octanol–water partition coefficient (Wildman–Crippen LogP) is 2.50. The Labute approximate surface area is 143 Å². The molecule has 0 aliphatic rings. The van der Waals surface area contributed by atoms with Crippen LogP contribution in [0.1, 0.15) is 15.9 Å². The van der Waals surface area contributed by atoms with Crippen molar-refractivity contribution in [2.45, 2.75) is 6.54 Å². The van der Waals surface area contributed by atoms with Gasteiger partial charge in [-0.25, -0.2) is 0 Å². The molecule has 0 radical (unpaired) electrons. The molecule has 0 saturated heterocycles. The summed E-state index contributed by atoms with van der Waals surface area (Å²) in [6.07, 6.45) is 0. The van der Waals surface area contributed by atoms with Gasteiger partial charge in [0.15, 0.2) is 0 Å². The number of carbonyl (C=O) groups excluding carboxylic acids is 2. The molecule has 0 spiro atoms. The van der Waals surface area contributed by atoms with Crippen molar-refractivity contribution < 1.29 is 14.3 Å². The summed E-state index contributed by atoms with van der Waals surface area (Å²) in [6.45, 7) is 0.323. The molecule has 6 heteroatoms. The smallest absolute Gasteiger partial charge is 0.252 e. The molecule has 2 N–H and O–H groups in total. The van der Waals surface area contributed by atoms with E-state index in [-0.39, 0.29) is 18.4 Å². The van der Waals surface area contributed by atoms with Gasteiger partial charge in [-0.3, -0.25) is 9.59 Å². The molecule has 0 aliphatic heterocycles. The molecule has 0 fully saturated rings. The number of hydrogen-bond acceptors (Lipinski definition) is 3. The summed E-state index contributed by atoms with van der Waals surface area (Å²) in [7, 11) is 1.60. The van der Waals surface area contributed by atoms with Crippen molar-refractivity contribution in [3.63, 3.8) is 0 Å². The molecule has 2 aromatic rings. The Morgan fingerprint density at radius 3 is 2.39 bits per heavy atom. The highest BCUT2D eigenvalue weighted by Gasteiger charge is 2.10. The molecule has 0 heterocycles. The normalized spacial score (nSPS) is 10.0. The quantitative estimate of drug-likeness (QED) is 0.813. The number of ether oxygens (including phenoxy) is 1. The van der Waals surface area contributed by atoms with Crippen molar-refractivity contribution in [2.24, 2.45) is 0 Å². The molecule has 120 valence electrons. The Kier molecular flexibility index (Phi) is 6.17. The predicted molar refractivity (Wildman–Crippen MR) is 91.3 cm³/mol. The first-order valence-electron chi connectivity index (χ1n) is 7.02. The number of amides is 2.